The Morgan fingerprint density at radius 2 is 1.96 bits per heavy atom. The highest BCUT2D eigenvalue weighted by Crippen LogP contribution is 2.40. The Morgan fingerprint density at radius 1 is 1.12 bits per heavy atom. The molecule has 134 valence electrons. The fraction of sp³-hybridized carbons (Fsp3) is 0.450. The van der Waals surface area contributed by atoms with Gasteiger partial charge in [0.25, 0.3) is 0 Å². The van der Waals surface area contributed by atoms with Gasteiger partial charge in [-0.05, 0) is 55.4 Å². The second-order valence-electron chi connectivity index (χ2n) is 7.38. The first-order chi connectivity index (χ1) is 12.8. The molecule has 0 aromatic carbocycles. The van der Waals surface area contributed by atoms with E-state index in [2.05, 4.69) is 19.9 Å². The molecule has 3 aromatic heterocycles. The highest BCUT2D eigenvalue weighted by molar-refractivity contribution is 7.19. The van der Waals surface area contributed by atoms with Crippen LogP contribution < -0.4 is 4.90 Å². The van der Waals surface area contributed by atoms with Gasteiger partial charge in [0.05, 0.1) is 11.5 Å². The first kappa shape index (κ1) is 16.1. The van der Waals surface area contributed by atoms with E-state index < -0.39 is 0 Å². The number of rotatable bonds is 3. The normalized spacial score (nSPS) is 22.7. The predicted molar refractivity (Wildman–Crippen MR) is 104 cm³/mol. The summed E-state index contributed by atoms with van der Waals surface area (Å²) in [6.07, 6.45) is 10.7. The summed E-state index contributed by atoms with van der Waals surface area (Å²) in [6.45, 7) is 1.48. The number of aliphatic hydroxyl groups is 1. The number of aliphatic hydroxyl groups excluding tert-OH is 1. The van der Waals surface area contributed by atoms with E-state index in [-0.39, 0.29) is 12.0 Å². The number of aromatic nitrogens is 3. The van der Waals surface area contributed by atoms with E-state index in [1.165, 1.54) is 40.7 Å². The third-order valence-electron chi connectivity index (χ3n) is 5.68. The third kappa shape index (κ3) is 2.77. The van der Waals surface area contributed by atoms with Crippen molar-refractivity contribution in [2.45, 2.75) is 38.2 Å². The summed E-state index contributed by atoms with van der Waals surface area (Å²) in [5, 5.41) is 11.9. The molecule has 1 fully saturated rings. The number of thiophene rings is 1. The van der Waals surface area contributed by atoms with Crippen molar-refractivity contribution in [2.75, 3.05) is 18.0 Å². The van der Waals surface area contributed by atoms with Crippen molar-refractivity contribution >= 4 is 27.4 Å². The minimum Gasteiger partial charge on any atom is -0.391 e. The van der Waals surface area contributed by atoms with E-state index in [1.54, 1.807) is 6.33 Å². The zero-order valence-electron chi connectivity index (χ0n) is 14.6. The Morgan fingerprint density at radius 3 is 2.85 bits per heavy atom. The van der Waals surface area contributed by atoms with Crippen LogP contribution in [0.2, 0.25) is 0 Å². The smallest absolute Gasteiger partial charge is 0.141 e. The molecular formula is C20H22N4OS. The van der Waals surface area contributed by atoms with Gasteiger partial charge < -0.3 is 10.0 Å². The zero-order valence-corrected chi connectivity index (χ0v) is 15.5. The molecule has 1 aliphatic heterocycles. The third-order valence-corrected chi connectivity index (χ3v) is 6.88. The molecule has 0 saturated carbocycles. The van der Waals surface area contributed by atoms with Gasteiger partial charge in [0.2, 0.25) is 0 Å². The fourth-order valence-corrected chi connectivity index (χ4v) is 5.59. The van der Waals surface area contributed by atoms with Crippen molar-refractivity contribution in [3.63, 3.8) is 0 Å². The van der Waals surface area contributed by atoms with Crippen LogP contribution in [0.4, 0.5) is 5.82 Å². The number of anilines is 1. The molecule has 1 aliphatic carbocycles. The Labute approximate surface area is 156 Å². The molecule has 0 radical (unpaired) electrons. The van der Waals surface area contributed by atoms with E-state index in [0.29, 0.717) is 6.54 Å². The zero-order chi connectivity index (χ0) is 17.5. The van der Waals surface area contributed by atoms with E-state index in [9.17, 15) is 5.11 Å². The van der Waals surface area contributed by atoms with Gasteiger partial charge in [0, 0.05) is 36.3 Å². The van der Waals surface area contributed by atoms with Crippen molar-refractivity contribution in [3.05, 3.63) is 46.9 Å². The van der Waals surface area contributed by atoms with E-state index >= 15 is 0 Å². The summed E-state index contributed by atoms with van der Waals surface area (Å²) in [7, 11) is 0. The lowest BCUT2D eigenvalue weighted by atomic mass is 9.97. The second-order valence-corrected chi connectivity index (χ2v) is 8.46. The highest BCUT2D eigenvalue weighted by Gasteiger charge is 2.34. The van der Waals surface area contributed by atoms with Crippen LogP contribution in [0.1, 0.15) is 28.8 Å². The maximum absolute atomic E-state index is 10.6. The molecule has 1 N–H and O–H groups in total. The average Bonchev–Trinajstić information content (AvgIpc) is 3.23. The molecule has 0 unspecified atom stereocenters. The summed E-state index contributed by atoms with van der Waals surface area (Å²) in [5.41, 5.74) is 2.69. The number of hydrogen-bond donors (Lipinski definition) is 1. The Bertz CT molecular complexity index is 926. The van der Waals surface area contributed by atoms with Crippen LogP contribution in [0.3, 0.4) is 0 Å². The van der Waals surface area contributed by atoms with Crippen molar-refractivity contribution in [1.29, 1.82) is 0 Å². The van der Waals surface area contributed by atoms with Crippen LogP contribution in [0, 0.1) is 5.92 Å². The molecule has 5 rings (SSSR count). The minimum atomic E-state index is -0.331. The largest absolute Gasteiger partial charge is 0.391 e. The monoisotopic (exact) mass is 366 g/mol. The van der Waals surface area contributed by atoms with Gasteiger partial charge in [0.1, 0.15) is 17.0 Å². The van der Waals surface area contributed by atoms with Crippen molar-refractivity contribution < 1.29 is 5.11 Å². The van der Waals surface area contributed by atoms with Gasteiger partial charge in [-0.15, -0.1) is 11.3 Å². The molecular weight excluding hydrogens is 344 g/mol. The van der Waals surface area contributed by atoms with Crippen molar-refractivity contribution in [2.24, 2.45) is 5.92 Å². The number of pyridine rings is 1. The molecule has 3 aromatic rings. The molecule has 6 heteroatoms. The SMILES string of the molecule is O[C@@H]1CN(c2ncnc3sc4c(c23)CCCC4)C[C@H]1Cc1ccncc1. The summed E-state index contributed by atoms with van der Waals surface area (Å²) in [4.78, 5) is 18.1. The second kappa shape index (κ2) is 6.59. The lowest BCUT2D eigenvalue weighted by Crippen LogP contribution is -2.22. The van der Waals surface area contributed by atoms with Gasteiger partial charge in [-0.1, -0.05) is 0 Å². The van der Waals surface area contributed by atoms with Gasteiger partial charge in [-0.25, -0.2) is 9.97 Å². The van der Waals surface area contributed by atoms with Crippen LogP contribution in [0.25, 0.3) is 10.2 Å². The Hall–Kier alpha value is -2.05. The summed E-state index contributed by atoms with van der Waals surface area (Å²) in [5.74, 6) is 1.24. The molecule has 2 aliphatic rings. The van der Waals surface area contributed by atoms with Gasteiger partial charge in [-0.2, -0.15) is 0 Å². The van der Waals surface area contributed by atoms with Crippen LogP contribution in [-0.2, 0) is 19.3 Å². The molecule has 26 heavy (non-hydrogen) atoms. The maximum Gasteiger partial charge on any atom is 0.141 e. The lowest BCUT2D eigenvalue weighted by molar-refractivity contribution is 0.148. The van der Waals surface area contributed by atoms with E-state index in [4.69, 9.17) is 0 Å². The average molecular weight is 366 g/mol. The van der Waals surface area contributed by atoms with Crippen LogP contribution in [-0.4, -0.2) is 39.3 Å². The summed E-state index contributed by atoms with van der Waals surface area (Å²) < 4.78 is 0. The molecule has 2 atom stereocenters. The maximum atomic E-state index is 10.6. The van der Waals surface area contributed by atoms with E-state index in [1.807, 2.05) is 35.9 Å². The number of β-amino-alcohol motifs (C(OH)–C–C–N with tert-alkyl or cyclic N) is 1. The summed E-state index contributed by atoms with van der Waals surface area (Å²) in [6, 6.07) is 4.07. The lowest BCUT2D eigenvalue weighted by Gasteiger charge is -2.19. The molecule has 5 nitrogen and oxygen atoms in total. The number of fused-ring (bicyclic) bond motifs is 3. The van der Waals surface area contributed by atoms with Crippen LogP contribution in [0.15, 0.2) is 30.9 Å². The standard InChI is InChI=1S/C20H22N4OS/c25-16-11-24(10-14(16)9-13-5-7-21-8-6-13)19-18-15-3-1-2-4-17(15)26-20(18)23-12-22-19/h5-8,12,14,16,25H,1-4,9-11H2/t14-,16-/m1/s1. The van der Waals surface area contributed by atoms with Gasteiger partial charge in [-0.3, -0.25) is 4.98 Å². The summed E-state index contributed by atoms with van der Waals surface area (Å²) >= 11 is 1.83. The first-order valence-corrected chi connectivity index (χ1v) is 10.2. The molecule has 4 heterocycles. The van der Waals surface area contributed by atoms with Gasteiger partial charge >= 0.3 is 0 Å². The van der Waals surface area contributed by atoms with Crippen LogP contribution in [0.5, 0.6) is 0 Å². The van der Waals surface area contributed by atoms with Crippen molar-refractivity contribution in [3.8, 4) is 0 Å². The molecule has 0 amide bonds. The quantitative estimate of drug-likeness (QED) is 0.772. The highest BCUT2D eigenvalue weighted by atomic mass is 32.1. The van der Waals surface area contributed by atoms with E-state index in [0.717, 1.165) is 30.0 Å². The molecule has 0 spiro atoms. The number of hydrogen-bond acceptors (Lipinski definition) is 6. The van der Waals surface area contributed by atoms with Gasteiger partial charge in [0.15, 0.2) is 0 Å². The predicted octanol–water partition coefficient (Wildman–Crippen LogP) is 3.00. The topological polar surface area (TPSA) is 62.1 Å². The molecule has 1 saturated heterocycles. The van der Waals surface area contributed by atoms with Crippen LogP contribution >= 0.6 is 11.3 Å². The number of aryl methyl sites for hydroxylation is 2. The molecule has 0 bridgehead atoms. The first-order valence-electron chi connectivity index (χ1n) is 9.37. The number of nitrogens with zero attached hydrogens (tertiary/aromatic N) is 4. The Balaban J connectivity index is 1.46. The van der Waals surface area contributed by atoms with Crippen molar-refractivity contribution in [1.82, 2.24) is 15.0 Å². The Kier molecular flexibility index (Phi) is 4.10. The fourth-order valence-electron chi connectivity index (χ4n) is 4.36. The minimum absolute atomic E-state index is 0.219.